The van der Waals surface area contributed by atoms with Crippen molar-refractivity contribution >= 4 is 17.2 Å². The smallest absolute Gasteiger partial charge is 0.252 e. The summed E-state index contributed by atoms with van der Waals surface area (Å²) >= 11 is 1.43. The van der Waals surface area contributed by atoms with E-state index in [4.69, 9.17) is 5.11 Å². The first kappa shape index (κ1) is 15.0. The van der Waals surface area contributed by atoms with E-state index in [0.717, 1.165) is 24.5 Å². The van der Waals surface area contributed by atoms with Crippen LogP contribution in [0.5, 0.6) is 0 Å². The number of piperidine rings is 1. The fourth-order valence-corrected chi connectivity index (χ4v) is 3.18. The minimum atomic E-state index is -0.158. The largest absolute Gasteiger partial charge is 0.384 e. The van der Waals surface area contributed by atoms with Gasteiger partial charge in [-0.3, -0.25) is 4.79 Å². The molecule has 0 bridgehead atoms. The minimum Gasteiger partial charge on any atom is -0.384 e. The topological polar surface area (TPSA) is 52.6 Å². The van der Waals surface area contributed by atoms with Crippen molar-refractivity contribution in [3.63, 3.8) is 0 Å². The van der Waals surface area contributed by atoms with Crippen molar-refractivity contribution in [3.8, 4) is 11.8 Å². The summed E-state index contributed by atoms with van der Waals surface area (Å²) < 4.78 is 0. The van der Waals surface area contributed by atoms with Gasteiger partial charge in [-0.2, -0.15) is 0 Å². The molecule has 20 heavy (non-hydrogen) atoms. The number of nitrogens with zero attached hydrogens (tertiary/aromatic N) is 1. The second-order valence-electron chi connectivity index (χ2n) is 5.14. The summed E-state index contributed by atoms with van der Waals surface area (Å²) in [5.74, 6) is 5.91. The van der Waals surface area contributed by atoms with Crippen molar-refractivity contribution in [1.82, 2.24) is 10.2 Å². The molecule has 0 radical (unpaired) electrons. The van der Waals surface area contributed by atoms with Crippen LogP contribution in [0.1, 0.15) is 28.1 Å². The molecular weight excluding hydrogens is 272 g/mol. The van der Waals surface area contributed by atoms with E-state index in [1.165, 1.54) is 24.2 Å². The molecule has 1 aliphatic rings. The number of aliphatic hydroxyl groups is 1. The Morgan fingerprint density at radius 3 is 3.25 bits per heavy atom. The third-order valence-corrected chi connectivity index (χ3v) is 4.27. The van der Waals surface area contributed by atoms with Gasteiger partial charge in [0.15, 0.2) is 0 Å². The zero-order valence-corrected chi connectivity index (χ0v) is 12.5. The van der Waals surface area contributed by atoms with Crippen LogP contribution in [0.2, 0.25) is 0 Å². The lowest BCUT2D eigenvalue weighted by molar-refractivity contribution is 0.0937. The van der Waals surface area contributed by atoms with Crippen LogP contribution in [-0.4, -0.2) is 49.2 Å². The molecule has 2 N–H and O–H groups in total. The molecule has 5 heteroatoms. The molecule has 1 saturated heterocycles. The fraction of sp³-hybridized carbons (Fsp3) is 0.533. The lowest BCUT2D eigenvalue weighted by Gasteiger charge is -2.29. The van der Waals surface area contributed by atoms with Crippen LogP contribution in [0.25, 0.3) is 0 Å². The summed E-state index contributed by atoms with van der Waals surface area (Å²) in [5.41, 5.74) is 0.654. The van der Waals surface area contributed by atoms with Gasteiger partial charge in [0.2, 0.25) is 0 Å². The highest BCUT2D eigenvalue weighted by atomic mass is 32.1. The SMILES string of the molecule is CN1CCCC(CNC(=O)c2csc(C#CCO)c2)C1. The Morgan fingerprint density at radius 2 is 2.50 bits per heavy atom. The predicted octanol–water partition coefficient (Wildman–Crippen LogP) is 1.16. The molecule has 2 heterocycles. The molecule has 1 unspecified atom stereocenters. The van der Waals surface area contributed by atoms with Gasteiger partial charge in [0.05, 0.1) is 10.4 Å². The Balaban J connectivity index is 1.83. The summed E-state index contributed by atoms with van der Waals surface area (Å²) in [4.78, 5) is 15.2. The Hall–Kier alpha value is -1.35. The molecule has 0 aliphatic carbocycles. The number of aliphatic hydroxyl groups excluding tert-OH is 1. The van der Waals surface area contributed by atoms with Crippen molar-refractivity contribution in [2.75, 3.05) is 33.3 Å². The van der Waals surface area contributed by atoms with Crippen LogP contribution in [0.3, 0.4) is 0 Å². The van der Waals surface area contributed by atoms with E-state index in [1.54, 1.807) is 6.07 Å². The molecule has 4 nitrogen and oxygen atoms in total. The standard InChI is InChI=1S/C15H20N2O2S/c1-17-6-2-4-12(10-17)9-16-15(19)13-8-14(20-11-13)5-3-7-18/h8,11-12,18H,2,4,6-7,9-10H2,1H3,(H,16,19). The zero-order valence-electron chi connectivity index (χ0n) is 11.7. The highest BCUT2D eigenvalue weighted by Gasteiger charge is 2.18. The Morgan fingerprint density at radius 1 is 1.65 bits per heavy atom. The average Bonchev–Trinajstić information content (AvgIpc) is 2.91. The van der Waals surface area contributed by atoms with Crippen LogP contribution in [0.15, 0.2) is 11.4 Å². The minimum absolute atomic E-state index is 0.0356. The average molecular weight is 292 g/mol. The van der Waals surface area contributed by atoms with E-state index in [-0.39, 0.29) is 12.5 Å². The molecule has 108 valence electrons. The maximum absolute atomic E-state index is 12.0. The van der Waals surface area contributed by atoms with Crippen molar-refractivity contribution < 1.29 is 9.90 Å². The highest BCUT2D eigenvalue weighted by molar-refractivity contribution is 7.10. The van der Waals surface area contributed by atoms with Crippen molar-refractivity contribution in [2.24, 2.45) is 5.92 Å². The number of hydrogen-bond acceptors (Lipinski definition) is 4. The number of nitrogens with one attached hydrogen (secondary N) is 1. The van der Waals surface area contributed by atoms with Crippen LogP contribution in [0, 0.1) is 17.8 Å². The van der Waals surface area contributed by atoms with Crippen molar-refractivity contribution in [2.45, 2.75) is 12.8 Å². The summed E-state index contributed by atoms with van der Waals surface area (Å²) in [6.07, 6.45) is 2.39. The lowest BCUT2D eigenvalue weighted by atomic mass is 9.98. The van der Waals surface area contributed by atoms with E-state index < -0.39 is 0 Å². The Bertz CT molecular complexity index is 515. The van der Waals surface area contributed by atoms with Gasteiger partial charge >= 0.3 is 0 Å². The zero-order chi connectivity index (χ0) is 14.4. The normalized spacial score (nSPS) is 19.2. The number of hydrogen-bond donors (Lipinski definition) is 2. The molecule has 1 aromatic rings. The van der Waals surface area contributed by atoms with Gasteiger partial charge < -0.3 is 15.3 Å². The van der Waals surface area contributed by atoms with Gasteiger partial charge in [0.1, 0.15) is 6.61 Å². The number of rotatable bonds is 3. The van der Waals surface area contributed by atoms with Gasteiger partial charge in [-0.1, -0.05) is 11.8 Å². The first-order valence-electron chi connectivity index (χ1n) is 6.84. The number of thiophene rings is 1. The molecule has 1 atom stereocenters. The van der Waals surface area contributed by atoms with E-state index >= 15 is 0 Å². The van der Waals surface area contributed by atoms with Crippen molar-refractivity contribution in [3.05, 3.63) is 21.9 Å². The summed E-state index contributed by atoms with van der Waals surface area (Å²) in [6.45, 7) is 2.78. The van der Waals surface area contributed by atoms with Gasteiger partial charge in [-0.05, 0) is 38.4 Å². The first-order valence-corrected chi connectivity index (χ1v) is 7.72. The Kier molecular flexibility index (Phi) is 5.60. The van der Waals surface area contributed by atoms with E-state index in [9.17, 15) is 4.79 Å². The number of amides is 1. The van der Waals surface area contributed by atoms with Gasteiger partial charge in [0, 0.05) is 18.5 Å². The van der Waals surface area contributed by atoms with Crippen LogP contribution in [-0.2, 0) is 0 Å². The molecular formula is C15H20N2O2S. The quantitative estimate of drug-likeness (QED) is 0.822. The third kappa shape index (κ3) is 4.34. The molecule has 1 aromatic heterocycles. The van der Waals surface area contributed by atoms with Crippen LogP contribution >= 0.6 is 11.3 Å². The van der Waals surface area contributed by atoms with E-state index in [1.807, 2.05) is 5.38 Å². The first-order chi connectivity index (χ1) is 9.69. The molecule has 0 saturated carbocycles. The third-order valence-electron chi connectivity index (χ3n) is 3.43. The fourth-order valence-electron chi connectivity index (χ4n) is 2.43. The molecule has 1 aliphatic heterocycles. The monoisotopic (exact) mass is 292 g/mol. The summed E-state index contributed by atoms with van der Waals surface area (Å²) in [6, 6.07) is 1.77. The lowest BCUT2D eigenvalue weighted by Crippen LogP contribution is -2.39. The Labute approximate surface area is 123 Å². The van der Waals surface area contributed by atoms with E-state index in [2.05, 4.69) is 29.1 Å². The second kappa shape index (κ2) is 7.44. The molecule has 1 fully saturated rings. The predicted molar refractivity (Wildman–Crippen MR) is 80.8 cm³/mol. The van der Waals surface area contributed by atoms with Gasteiger partial charge in [-0.25, -0.2) is 0 Å². The molecule has 0 spiro atoms. The number of likely N-dealkylation sites (tertiary alicyclic amines) is 1. The molecule has 2 rings (SSSR count). The van der Waals surface area contributed by atoms with Crippen LogP contribution in [0.4, 0.5) is 0 Å². The summed E-state index contributed by atoms with van der Waals surface area (Å²) in [7, 11) is 2.12. The van der Waals surface area contributed by atoms with Crippen LogP contribution < -0.4 is 5.32 Å². The maximum atomic E-state index is 12.0. The molecule has 0 aromatic carbocycles. The highest BCUT2D eigenvalue weighted by Crippen LogP contribution is 2.16. The second-order valence-corrected chi connectivity index (χ2v) is 6.05. The van der Waals surface area contributed by atoms with E-state index in [0.29, 0.717) is 11.5 Å². The number of carbonyl (C=O) groups excluding carboxylic acids is 1. The maximum Gasteiger partial charge on any atom is 0.252 e. The number of carbonyl (C=O) groups is 1. The van der Waals surface area contributed by atoms with Gasteiger partial charge in [0.25, 0.3) is 5.91 Å². The van der Waals surface area contributed by atoms with Crippen molar-refractivity contribution in [1.29, 1.82) is 0 Å². The summed E-state index contributed by atoms with van der Waals surface area (Å²) in [5, 5.41) is 13.5. The van der Waals surface area contributed by atoms with Gasteiger partial charge in [-0.15, -0.1) is 11.3 Å². The molecule has 1 amide bonds.